The van der Waals surface area contributed by atoms with Crippen molar-refractivity contribution < 1.29 is 9.59 Å². The van der Waals surface area contributed by atoms with Crippen LogP contribution in [0.25, 0.3) is 0 Å². The number of carbonyl (C=O) groups is 2. The van der Waals surface area contributed by atoms with Gasteiger partial charge >= 0.3 is 0 Å². The van der Waals surface area contributed by atoms with Crippen molar-refractivity contribution in [3.05, 3.63) is 0 Å². The Morgan fingerprint density at radius 3 is 1.75 bits per heavy atom. The standard InChI is InChI=1S/C14H24O2/c1-3-5-7-14(8-6-4-2)10-12(15)9-13(16)11-14/h3-11H2,1-2H3. The molecule has 2 nitrogen and oxygen atoms in total. The molecule has 1 rings (SSSR count). The van der Waals surface area contributed by atoms with Crippen LogP contribution in [-0.2, 0) is 9.59 Å². The van der Waals surface area contributed by atoms with Crippen LogP contribution in [0, 0.1) is 5.41 Å². The van der Waals surface area contributed by atoms with Crippen LogP contribution in [0.1, 0.15) is 71.6 Å². The summed E-state index contributed by atoms with van der Waals surface area (Å²) in [5, 5.41) is 0. The van der Waals surface area contributed by atoms with Crippen molar-refractivity contribution in [3.8, 4) is 0 Å². The van der Waals surface area contributed by atoms with Crippen molar-refractivity contribution in [2.24, 2.45) is 5.41 Å². The van der Waals surface area contributed by atoms with Crippen LogP contribution < -0.4 is 0 Å². The molecule has 0 unspecified atom stereocenters. The van der Waals surface area contributed by atoms with Gasteiger partial charge in [-0.25, -0.2) is 0 Å². The highest BCUT2D eigenvalue weighted by atomic mass is 16.1. The summed E-state index contributed by atoms with van der Waals surface area (Å²) in [6.07, 6.45) is 8.19. The van der Waals surface area contributed by atoms with Gasteiger partial charge in [-0.2, -0.15) is 0 Å². The molecule has 0 aromatic heterocycles. The lowest BCUT2D eigenvalue weighted by Gasteiger charge is -2.36. The summed E-state index contributed by atoms with van der Waals surface area (Å²) in [5.74, 6) is 0.340. The van der Waals surface area contributed by atoms with Gasteiger partial charge in [0.05, 0.1) is 6.42 Å². The lowest BCUT2D eigenvalue weighted by Crippen LogP contribution is -2.34. The topological polar surface area (TPSA) is 34.1 Å². The smallest absolute Gasteiger partial charge is 0.140 e. The van der Waals surface area contributed by atoms with E-state index in [4.69, 9.17) is 0 Å². The number of rotatable bonds is 6. The molecule has 1 fully saturated rings. The molecule has 0 amide bonds. The number of Topliss-reactive ketones (excluding diaryl/α,β-unsaturated/α-hetero) is 2. The lowest BCUT2D eigenvalue weighted by molar-refractivity contribution is -0.134. The molecule has 0 N–H and O–H groups in total. The maximum Gasteiger partial charge on any atom is 0.140 e. The van der Waals surface area contributed by atoms with E-state index >= 15 is 0 Å². The van der Waals surface area contributed by atoms with Crippen molar-refractivity contribution in [2.45, 2.75) is 71.6 Å². The molecule has 0 aromatic rings. The van der Waals surface area contributed by atoms with Crippen LogP contribution >= 0.6 is 0 Å². The van der Waals surface area contributed by atoms with Crippen molar-refractivity contribution in [1.29, 1.82) is 0 Å². The van der Waals surface area contributed by atoms with Crippen molar-refractivity contribution >= 4 is 11.6 Å². The van der Waals surface area contributed by atoms with E-state index in [1.165, 1.54) is 0 Å². The molecule has 0 spiro atoms. The first-order valence-corrected chi connectivity index (χ1v) is 6.65. The first-order chi connectivity index (χ1) is 7.62. The Hall–Kier alpha value is -0.660. The van der Waals surface area contributed by atoms with Crippen LogP contribution in [0.15, 0.2) is 0 Å². The molecule has 0 bridgehead atoms. The van der Waals surface area contributed by atoms with Crippen LogP contribution in [0.3, 0.4) is 0 Å². The van der Waals surface area contributed by atoms with Gasteiger partial charge in [0.2, 0.25) is 0 Å². The number of unbranched alkanes of at least 4 members (excludes halogenated alkanes) is 2. The zero-order chi connectivity index (χ0) is 12.0. The summed E-state index contributed by atoms with van der Waals surface area (Å²) in [5.41, 5.74) is 0.0262. The molecular weight excluding hydrogens is 200 g/mol. The molecule has 1 saturated carbocycles. The average molecular weight is 224 g/mol. The summed E-state index contributed by atoms with van der Waals surface area (Å²) in [6.45, 7) is 4.33. The van der Waals surface area contributed by atoms with E-state index in [1.54, 1.807) is 0 Å². The van der Waals surface area contributed by atoms with E-state index < -0.39 is 0 Å². The fourth-order valence-corrected chi connectivity index (χ4v) is 2.83. The molecule has 0 saturated heterocycles. The second kappa shape index (κ2) is 6.17. The summed E-state index contributed by atoms with van der Waals surface area (Å²) in [6, 6.07) is 0. The highest BCUT2D eigenvalue weighted by Crippen LogP contribution is 2.42. The molecule has 0 aromatic carbocycles. The van der Waals surface area contributed by atoms with E-state index in [9.17, 15) is 9.59 Å². The molecule has 0 heterocycles. The van der Waals surface area contributed by atoms with Gasteiger partial charge in [-0.3, -0.25) is 9.59 Å². The van der Waals surface area contributed by atoms with Crippen molar-refractivity contribution in [1.82, 2.24) is 0 Å². The SMILES string of the molecule is CCCCC1(CCCC)CC(=O)CC(=O)C1. The number of ketones is 2. The maximum absolute atomic E-state index is 11.6. The lowest BCUT2D eigenvalue weighted by atomic mass is 9.67. The van der Waals surface area contributed by atoms with Crippen LogP contribution in [-0.4, -0.2) is 11.6 Å². The van der Waals surface area contributed by atoms with E-state index in [0.29, 0.717) is 12.8 Å². The first-order valence-electron chi connectivity index (χ1n) is 6.65. The van der Waals surface area contributed by atoms with Gasteiger partial charge in [0.1, 0.15) is 11.6 Å². The number of hydrogen-bond donors (Lipinski definition) is 0. The molecule has 1 aliphatic rings. The van der Waals surface area contributed by atoms with Crippen LogP contribution in [0.2, 0.25) is 0 Å². The highest BCUT2D eigenvalue weighted by Gasteiger charge is 2.38. The van der Waals surface area contributed by atoms with Gasteiger partial charge in [0.15, 0.2) is 0 Å². The van der Waals surface area contributed by atoms with Crippen LogP contribution in [0.5, 0.6) is 0 Å². The van der Waals surface area contributed by atoms with Crippen LogP contribution in [0.4, 0.5) is 0 Å². The Kier molecular flexibility index (Phi) is 5.17. The third-order valence-corrected chi connectivity index (χ3v) is 3.66. The molecule has 0 radical (unpaired) electrons. The Bertz CT molecular complexity index is 229. The number of carbonyl (C=O) groups excluding carboxylic acids is 2. The molecular formula is C14H24O2. The van der Waals surface area contributed by atoms with Gasteiger partial charge in [-0.15, -0.1) is 0 Å². The summed E-state index contributed by atoms with van der Waals surface area (Å²) < 4.78 is 0. The highest BCUT2D eigenvalue weighted by molar-refractivity contribution is 6.02. The predicted molar refractivity (Wildman–Crippen MR) is 65.3 cm³/mol. The summed E-state index contributed by atoms with van der Waals surface area (Å²) >= 11 is 0. The predicted octanol–water partition coefficient (Wildman–Crippen LogP) is 3.68. The quantitative estimate of drug-likeness (QED) is 0.645. The Morgan fingerprint density at radius 2 is 1.38 bits per heavy atom. The normalized spacial score (nSPS) is 20.1. The fourth-order valence-electron chi connectivity index (χ4n) is 2.83. The molecule has 0 aliphatic heterocycles. The van der Waals surface area contributed by atoms with Crippen molar-refractivity contribution in [3.63, 3.8) is 0 Å². The third kappa shape index (κ3) is 3.73. The van der Waals surface area contributed by atoms with Gasteiger partial charge in [-0.1, -0.05) is 39.5 Å². The molecule has 2 heteroatoms. The molecule has 0 atom stereocenters. The van der Waals surface area contributed by atoms with Crippen molar-refractivity contribution in [2.75, 3.05) is 0 Å². The third-order valence-electron chi connectivity index (χ3n) is 3.66. The minimum Gasteiger partial charge on any atom is -0.299 e. The Morgan fingerprint density at radius 1 is 0.938 bits per heavy atom. The maximum atomic E-state index is 11.6. The molecule has 1 aliphatic carbocycles. The van der Waals surface area contributed by atoms with E-state index in [2.05, 4.69) is 13.8 Å². The van der Waals surface area contributed by atoms with E-state index in [-0.39, 0.29) is 23.4 Å². The minimum absolute atomic E-state index is 0.0262. The largest absolute Gasteiger partial charge is 0.299 e. The average Bonchev–Trinajstić information content (AvgIpc) is 2.22. The van der Waals surface area contributed by atoms with Gasteiger partial charge < -0.3 is 0 Å². The van der Waals surface area contributed by atoms with Gasteiger partial charge in [0.25, 0.3) is 0 Å². The first kappa shape index (κ1) is 13.4. The zero-order valence-corrected chi connectivity index (χ0v) is 10.7. The number of hydrogen-bond acceptors (Lipinski definition) is 2. The second-order valence-corrected chi connectivity index (χ2v) is 5.31. The summed E-state index contributed by atoms with van der Waals surface area (Å²) in [7, 11) is 0. The van der Waals surface area contributed by atoms with Gasteiger partial charge in [0, 0.05) is 12.8 Å². The monoisotopic (exact) mass is 224 g/mol. The Balaban J connectivity index is 2.67. The Labute approximate surface area is 98.8 Å². The second-order valence-electron chi connectivity index (χ2n) is 5.31. The van der Waals surface area contributed by atoms with E-state index in [1.807, 2.05) is 0 Å². The summed E-state index contributed by atoms with van der Waals surface area (Å²) in [4.78, 5) is 23.2. The molecule has 92 valence electrons. The zero-order valence-electron chi connectivity index (χ0n) is 10.7. The fraction of sp³-hybridized carbons (Fsp3) is 0.857. The minimum atomic E-state index is 0.0262. The molecule has 16 heavy (non-hydrogen) atoms. The van der Waals surface area contributed by atoms with E-state index in [0.717, 1.165) is 38.5 Å². The van der Waals surface area contributed by atoms with Gasteiger partial charge in [-0.05, 0) is 18.3 Å².